The highest BCUT2D eigenvalue weighted by Crippen LogP contribution is 2.28. The topological polar surface area (TPSA) is 46.6 Å². The maximum absolute atomic E-state index is 11.9. The second-order valence-electron chi connectivity index (χ2n) is 4.52. The standard InChI is InChI=1S/C16H17NO3/c1-3-9-17-14-7-5-13(16(19)20-10-4-2)11-12(14)6-8-15(17)18/h3-5,7,11H,1-2,6,8-10H2. The Morgan fingerprint density at radius 1 is 1.30 bits per heavy atom. The Morgan fingerprint density at radius 2 is 2.10 bits per heavy atom. The van der Waals surface area contributed by atoms with Crippen LogP contribution < -0.4 is 4.90 Å². The molecule has 0 atom stereocenters. The number of carbonyl (C=O) groups is 2. The molecule has 0 spiro atoms. The monoisotopic (exact) mass is 271 g/mol. The minimum atomic E-state index is -0.375. The van der Waals surface area contributed by atoms with Crippen molar-refractivity contribution in [2.75, 3.05) is 18.1 Å². The average Bonchev–Trinajstić information content (AvgIpc) is 2.47. The van der Waals surface area contributed by atoms with Crippen LogP contribution >= 0.6 is 0 Å². The second kappa shape index (κ2) is 6.19. The molecule has 0 N–H and O–H groups in total. The Bertz CT molecular complexity index is 563. The number of esters is 1. The molecule has 1 aliphatic rings. The van der Waals surface area contributed by atoms with Gasteiger partial charge in [0.1, 0.15) is 6.61 Å². The van der Waals surface area contributed by atoms with E-state index in [0.29, 0.717) is 24.9 Å². The normalized spacial score (nSPS) is 13.6. The van der Waals surface area contributed by atoms with Crippen molar-refractivity contribution in [2.45, 2.75) is 12.8 Å². The SMILES string of the molecule is C=CCOC(=O)c1ccc2c(c1)CCC(=O)N2CC=C. The number of amides is 1. The van der Waals surface area contributed by atoms with E-state index in [1.807, 2.05) is 0 Å². The number of fused-ring (bicyclic) bond motifs is 1. The molecule has 0 aromatic heterocycles. The van der Waals surface area contributed by atoms with Crippen molar-refractivity contribution in [2.24, 2.45) is 0 Å². The predicted molar refractivity (Wildman–Crippen MR) is 77.8 cm³/mol. The fourth-order valence-corrected chi connectivity index (χ4v) is 2.23. The Kier molecular flexibility index (Phi) is 4.35. The lowest BCUT2D eigenvalue weighted by Crippen LogP contribution is -2.35. The van der Waals surface area contributed by atoms with Crippen LogP contribution in [0.2, 0.25) is 0 Å². The van der Waals surface area contributed by atoms with E-state index in [-0.39, 0.29) is 18.5 Å². The zero-order valence-electron chi connectivity index (χ0n) is 11.3. The molecule has 1 aromatic carbocycles. The van der Waals surface area contributed by atoms with Gasteiger partial charge in [0.2, 0.25) is 5.91 Å². The first kappa shape index (κ1) is 14.1. The van der Waals surface area contributed by atoms with Gasteiger partial charge in [-0.1, -0.05) is 18.7 Å². The smallest absolute Gasteiger partial charge is 0.338 e. The summed E-state index contributed by atoms with van der Waals surface area (Å²) in [4.78, 5) is 25.4. The molecule has 0 saturated carbocycles. The van der Waals surface area contributed by atoms with Crippen LogP contribution in [0.4, 0.5) is 5.69 Å². The third kappa shape index (κ3) is 2.79. The van der Waals surface area contributed by atoms with E-state index in [1.54, 1.807) is 29.2 Å². The molecule has 4 heteroatoms. The number of benzene rings is 1. The van der Waals surface area contributed by atoms with Gasteiger partial charge < -0.3 is 9.64 Å². The van der Waals surface area contributed by atoms with E-state index in [4.69, 9.17) is 4.74 Å². The minimum absolute atomic E-state index is 0.0828. The third-order valence-corrected chi connectivity index (χ3v) is 3.16. The van der Waals surface area contributed by atoms with Gasteiger partial charge in [-0.3, -0.25) is 4.79 Å². The van der Waals surface area contributed by atoms with E-state index in [9.17, 15) is 9.59 Å². The third-order valence-electron chi connectivity index (χ3n) is 3.16. The number of ether oxygens (including phenoxy) is 1. The summed E-state index contributed by atoms with van der Waals surface area (Å²) in [5, 5.41) is 0. The molecule has 1 aromatic rings. The van der Waals surface area contributed by atoms with Gasteiger partial charge in [-0.2, -0.15) is 0 Å². The van der Waals surface area contributed by atoms with Crippen LogP contribution in [0.25, 0.3) is 0 Å². The number of hydrogen-bond acceptors (Lipinski definition) is 3. The summed E-state index contributed by atoms with van der Waals surface area (Å²) in [6.07, 6.45) is 4.32. The second-order valence-corrected chi connectivity index (χ2v) is 4.52. The molecule has 0 bridgehead atoms. The van der Waals surface area contributed by atoms with Crippen LogP contribution in [0.15, 0.2) is 43.5 Å². The Balaban J connectivity index is 2.27. The van der Waals surface area contributed by atoms with Gasteiger partial charge in [-0.05, 0) is 30.2 Å². The summed E-state index contributed by atoms with van der Waals surface area (Å²) >= 11 is 0. The lowest BCUT2D eigenvalue weighted by molar-refractivity contribution is -0.118. The zero-order valence-corrected chi connectivity index (χ0v) is 11.3. The number of rotatable bonds is 5. The van der Waals surface area contributed by atoms with Crippen molar-refractivity contribution in [1.29, 1.82) is 0 Å². The van der Waals surface area contributed by atoms with Crippen LogP contribution in [0.5, 0.6) is 0 Å². The molecule has 1 amide bonds. The number of aryl methyl sites for hydroxylation is 1. The molecule has 0 unspecified atom stereocenters. The van der Waals surface area contributed by atoms with Crippen molar-refractivity contribution in [3.8, 4) is 0 Å². The van der Waals surface area contributed by atoms with Crippen LogP contribution in [-0.4, -0.2) is 25.0 Å². The van der Waals surface area contributed by atoms with Crippen LogP contribution in [-0.2, 0) is 16.0 Å². The van der Waals surface area contributed by atoms with E-state index in [0.717, 1.165) is 11.3 Å². The Labute approximate surface area is 118 Å². The van der Waals surface area contributed by atoms with E-state index in [1.165, 1.54) is 6.08 Å². The largest absolute Gasteiger partial charge is 0.458 e. The minimum Gasteiger partial charge on any atom is -0.458 e. The zero-order chi connectivity index (χ0) is 14.5. The molecule has 0 fully saturated rings. The fraction of sp³-hybridized carbons (Fsp3) is 0.250. The van der Waals surface area contributed by atoms with E-state index < -0.39 is 0 Å². The van der Waals surface area contributed by atoms with Crippen molar-refractivity contribution >= 4 is 17.6 Å². The van der Waals surface area contributed by atoms with Gasteiger partial charge in [0.25, 0.3) is 0 Å². The van der Waals surface area contributed by atoms with Gasteiger partial charge in [0.15, 0.2) is 0 Å². The Morgan fingerprint density at radius 3 is 2.80 bits per heavy atom. The molecular weight excluding hydrogens is 254 g/mol. The number of carbonyl (C=O) groups excluding carboxylic acids is 2. The highest BCUT2D eigenvalue weighted by atomic mass is 16.5. The van der Waals surface area contributed by atoms with Crippen LogP contribution in [0.3, 0.4) is 0 Å². The Hall–Kier alpha value is -2.36. The first-order valence-corrected chi connectivity index (χ1v) is 6.49. The molecule has 0 radical (unpaired) electrons. The average molecular weight is 271 g/mol. The summed E-state index contributed by atoms with van der Waals surface area (Å²) in [5.74, 6) is -0.292. The lowest BCUT2D eigenvalue weighted by Gasteiger charge is -2.28. The van der Waals surface area contributed by atoms with Gasteiger partial charge in [-0.25, -0.2) is 4.79 Å². The highest BCUT2D eigenvalue weighted by Gasteiger charge is 2.24. The molecule has 1 aliphatic heterocycles. The van der Waals surface area contributed by atoms with Crippen LogP contribution in [0, 0.1) is 0 Å². The summed E-state index contributed by atoms with van der Waals surface area (Å²) in [7, 11) is 0. The summed E-state index contributed by atoms with van der Waals surface area (Å²) < 4.78 is 5.01. The molecule has 1 heterocycles. The maximum atomic E-state index is 11.9. The first-order valence-electron chi connectivity index (χ1n) is 6.49. The highest BCUT2D eigenvalue weighted by molar-refractivity contribution is 5.98. The summed E-state index contributed by atoms with van der Waals surface area (Å²) in [6, 6.07) is 5.27. The fourth-order valence-electron chi connectivity index (χ4n) is 2.23. The van der Waals surface area contributed by atoms with Crippen LogP contribution in [0.1, 0.15) is 22.3 Å². The van der Waals surface area contributed by atoms with Gasteiger partial charge >= 0.3 is 5.97 Å². The maximum Gasteiger partial charge on any atom is 0.338 e. The number of anilines is 1. The van der Waals surface area contributed by atoms with Crippen molar-refractivity contribution in [3.63, 3.8) is 0 Å². The molecule has 0 aliphatic carbocycles. The van der Waals surface area contributed by atoms with E-state index >= 15 is 0 Å². The molecular formula is C16H17NO3. The molecule has 2 rings (SSSR count). The summed E-state index contributed by atoms with van der Waals surface area (Å²) in [6.45, 7) is 7.84. The number of nitrogens with zero attached hydrogens (tertiary/aromatic N) is 1. The van der Waals surface area contributed by atoms with E-state index in [2.05, 4.69) is 13.2 Å². The first-order chi connectivity index (χ1) is 9.67. The van der Waals surface area contributed by atoms with Crippen molar-refractivity contribution < 1.29 is 14.3 Å². The lowest BCUT2D eigenvalue weighted by atomic mass is 9.98. The van der Waals surface area contributed by atoms with Crippen molar-refractivity contribution in [3.05, 3.63) is 54.6 Å². The quantitative estimate of drug-likeness (QED) is 0.610. The molecule has 20 heavy (non-hydrogen) atoms. The van der Waals surface area contributed by atoms with Gasteiger partial charge in [0.05, 0.1) is 5.56 Å². The summed E-state index contributed by atoms with van der Waals surface area (Å²) in [5.41, 5.74) is 2.33. The molecule has 0 saturated heterocycles. The molecule has 4 nitrogen and oxygen atoms in total. The van der Waals surface area contributed by atoms with Gasteiger partial charge in [-0.15, -0.1) is 6.58 Å². The predicted octanol–water partition coefficient (Wildman–Crippen LogP) is 2.49. The van der Waals surface area contributed by atoms with Crippen molar-refractivity contribution in [1.82, 2.24) is 0 Å². The number of hydrogen-bond donors (Lipinski definition) is 0. The molecule has 104 valence electrons. The van der Waals surface area contributed by atoms with Gasteiger partial charge in [0, 0.05) is 18.7 Å².